The average molecular weight is 289 g/mol. The van der Waals surface area contributed by atoms with Gasteiger partial charge in [-0.3, -0.25) is 0 Å². The molecule has 0 atom stereocenters. The zero-order valence-corrected chi connectivity index (χ0v) is 13.8. The molecule has 0 aliphatic heterocycles. The predicted octanol–water partition coefficient (Wildman–Crippen LogP) is 5.93. The van der Waals surface area contributed by atoms with Crippen LogP contribution in [0.1, 0.15) is 70.6 Å². The van der Waals surface area contributed by atoms with Crippen LogP contribution in [0.25, 0.3) is 0 Å². The lowest BCUT2D eigenvalue weighted by atomic mass is 9.99. The molecule has 0 unspecified atom stereocenters. The first-order valence-electron chi connectivity index (χ1n) is 8.90. The third-order valence-electron chi connectivity index (χ3n) is 5.48. The summed E-state index contributed by atoms with van der Waals surface area (Å²) >= 11 is 0. The van der Waals surface area contributed by atoms with Crippen LogP contribution >= 0.6 is 7.92 Å². The van der Waals surface area contributed by atoms with Gasteiger partial charge in [0.2, 0.25) is 0 Å². The standard InChI is InChI=1S/C19H30P/c1-3-11-18(12-4-1)20(19-13-5-2-6-14-19)16-15-17-9-7-8-10-17/h7-10,18-19H,1-6,11-16H2. The summed E-state index contributed by atoms with van der Waals surface area (Å²) in [5.74, 6) is 1.59. The van der Waals surface area contributed by atoms with E-state index in [1.807, 2.05) is 0 Å². The van der Waals surface area contributed by atoms with E-state index in [1.165, 1.54) is 51.1 Å². The van der Waals surface area contributed by atoms with E-state index in [2.05, 4.69) is 25.7 Å². The molecule has 0 heterocycles. The van der Waals surface area contributed by atoms with E-state index in [0.29, 0.717) is 7.92 Å². The molecule has 1 heteroatoms. The highest BCUT2D eigenvalue weighted by atomic mass is 31.1. The van der Waals surface area contributed by atoms with Crippen molar-refractivity contribution in [1.29, 1.82) is 0 Å². The van der Waals surface area contributed by atoms with Crippen molar-refractivity contribution < 1.29 is 0 Å². The van der Waals surface area contributed by atoms with Crippen LogP contribution in [0.15, 0.2) is 0 Å². The predicted molar refractivity (Wildman–Crippen MR) is 90.6 cm³/mol. The van der Waals surface area contributed by atoms with E-state index in [4.69, 9.17) is 0 Å². The first-order valence-corrected chi connectivity index (χ1v) is 10.6. The molecule has 3 aliphatic rings. The van der Waals surface area contributed by atoms with Gasteiger partial charge in [0.15, 0.2) is 0 Å². The van der Waals surface area contributed by atoms with Crippen molar-refractivity contribution >= 4 is 7.92 Å². The molecule has 0 saturated heterocycles. The Kier molecular flexibility index (Phi) is 6.26. The fraction of sp³-hybridized carbons (Fsp3) is 0.737. The smallest absolute Gasteiger partial charge is 0.0164 e. The summed E-state index contributed by atoms with van der Waals surface area (Å²) in [5, 5.41) is 0. The van der Waals surface area contributed by atoms with Crippen molar-refractivity contribution in [2.75, 3.05) is 6.16 Å². The summed E-state index contributed by atoms with van der Waals surface area (Å²) in [7, 11) is 0.298. The molecule has 20 heavy (non-hydrogen) atoms. The molecule has 0 bridgehead atoms. The van der Waals surface area contributed by atoms with Crippen molar-refractivity contribution in [3.63, 3.8) is 0 Å². The van der Waals surface area contributed by atoms with E-state index < -0.39 is 0 Å². The summed E-state index contributed by atoms with van der Waals surface area (Å²) in [6.07, 6.45) is 27.3. The van der Waals surface area contributed by atoms with Gasteiger partial charge in [-0.15, -0.1) is 7.92 Å². The normalized spacial score (nSPS) is 27.4. The van der Waals surface area contributed by atoms with Gasteiger partial charge in [-0.2, -0.15) is 0 Å². The third kappa shape index (κ3) is 4.22. The summed E-state index contributed by atoms with van der Waals surface area (Å²) in [6, 6.07) is 0. The molecule has 5 radical (unpaired) electrons. The molecule has 3 aliphatic carbocycles. The highest BCUT2D eigenvalue weighted by Gasteiger charge is 2.31. The molecule has 0 aromatic carbocycles. The number of hydrogen-bond donors (Lipinski definition) is 0. The minimum absolute atomic E-state index is 0.298. The van der Waals surface area contributed by atoms with E-state index in [9.17, 15) is 0 Å². The molecule has 0 spiro atoms. The van der Waals surface area contributed by atoms with Gasteiger partial charge in [0.05, 0.1) is 0 Å². The molecular formula is C19H30P. The van der Waals surface area contributed by atoms with Crippen LogP contribution in [-0.2, 0) is 0 Å². The van der Waals surface area contributed by atoms with Gasteiger partial charge in [0.1, 0.15) is 0 Å². The maximum absolute atomic E-state index is 2.33. The van der Waals surface area contributed by atoms with Gasteiger partial charge < -0.3 is 0 Å². The lowest BCUT2D eigenvalue weighted by molar-refractivity contribution is 0.484. The molecular weight excluding hydrogens is 259 g/mol. The Hall–Kier alpha value is 0.430. The summed E-state index contributed by atoms with van der Waals surface area (Å²) in [6.45, 7) is 0. The van der Waals surface area contributed by atoms with Gasteiger partial charge in [-0.1, -0.05) is 38.5 Å². The fourth-order valence-corrected chi connectivity index (χ4v) is 8.23. The van der Waals surface area contributed by atoms with Crippen molar-refractivity contribution in [2.45, 2.75) is 81.9 Å². The number of hydrogen-bond acceptors (Lipinski definition) is 0. The van der Waals surface area contributed by atoms with Gasteiger partial charge in [-0.25, -0.2) is 0 Å². The zero-order valence-electron chi connectivity index (χ0n) is 12.9. The van der Waals surface area contributed by atoms with Gasteiger partial charge >= 0.3 is 0 Å². The van der Waals surface area contributed by atoms with E-state index >= 15 is 0 Å². The van der Waals surface area contributed by atoms with E-state index in [1.54, 1.807) is 31.6 Å². The van der Waals surface area contributed by atoms with Gasteiger partial charge in [-0.05, 0) is 81.2 Å². The summed E-state index contributed by atoms with van der Waals surface area (Å²) in [5.41, 5.74) is 2.24. The van der Waals surface area contributed by atoms with Crippen molar-refractivity contribution in [2.24, 2.45) is 0 Å². The molecule has 3 saturated carbocycles. The Labute approximate surface area is 128 Å². The first-order chi connectivity index (χ1) is 9.93. The van der Waals surface area contributed by atoms with Crippen LogP contribution in [0.5, 0.6) is 0 Å². The fourth-order valence-electron chi connectivity index (χ4n) is 4.33. The molecule has 111 valence electrons. The van der Waals surface area contributed by atoms with Crippen LogP contribution in [0.2, 0.25) is 0 Å². The summed E-state index contributed by atoms with van der Waals surface area (Å²) in [4.78, 5) is 0. The Balaban J connectivity index is 1.55. The minimum atomic E-state index is 0.298. The Bertz CT molecular complexity index is 239. The molecule has 3 rings (SSSR count). The second-order valence-corrected chi connectivity index (χ2v) is 9.80. The van der Waals surface area contributed by atoms with Crippen LogP contribution in [0, 0.1) is 31.6 Å². The lowest BCUT2D eigenvalue weighted by Crippen LogP contribution is -2.22. The third-order valence-corrected chi connectivity index (χ3v) is 9.13. The van der Waals surface area contributed by atoms with Crippen molar-refractivity contribution in [1.82, 2.24) is 0 Å². The SMILES string of the molecule is [CH]1[CH][CH][C](CCP(C2CCCCC2)C2CCCCC2)[CH]1. The highest BCUT2D eigenvalue weighted by molar-refractivity contribution is 7.59. The van der Waals surface area contributed by atoms with Crippen molar-refractivity contribution in [3.8, 4) is 0 Å². The molecule has 0 aromatic heterocycles. The van der Waals surface area contributed by atoms with Crippen molar-refractivity contribution in [3.05, 3.63) is 31.6 Å². The Morgan fingerprint density at radius 1 is 0.750 bits per heavy atom. The van der Waals surface area contributed by atoms with Crippen LogP contribution in [0.3, 0.4) is 0 Å². The first kappa shape index (κ1) is 15.3. The molecule has 3 fully saturated rings. The molecule has 0 nitrogen and oxygen atoms in total. The van der Waals surface area contributed by atoms with Crippen LogP contribution < -0.4 is 0 Å². The summed E-state index contributed by atoms with van der Waals surface area (Å²) < 4.78 is 0. The zero-order chi connectivity index (χ0) is 13.6. The monoisotopic (exact) mass is 289 g/mol. The molecule has 0 aromatic rings. The quantitative estimate of drug-likeness (QED) is 0.550. The maximum atomic E-state index is 2.33. The number of rotatable bonds is 5. The molecule has 0 N–H and O–H groups in total. The van der Waals surface area contributed by atoms with Gasteiger partial charge in [0, 0.05) is 0 Å². The van der Waals surface area contributed by atoms with E-state index in [-0.39, 0.29) is 0 Å². The second kappa shape index (κ2) is 8.17. The van der Waals surface area contributed by atoms with E-state index in [0.717, 1.165) is 11.3 Å². The highest BCUT2D eigenvalue weighted by Crippen LogP contribution is 2.56. The maximum Gasteiger partial charge on any atom is -0.0164 e. The Morgan fingerprint density at radius 2 is 1.25 bits per heavy atom. The minimum Gasteiger partial charge on any atom is -0.100 e. The topological polar surface area (TPSA) is 0 Å². The Morgan fingerprint density at radius 3 is 1.75 bits per heavy atom. The van der Waals surface area contributed by atoms with Gasteiger partial charge in [0.25, 0.3) is 0 Å². The van der Waals surface area contributed by atoms with Crippen LogP contribution in [-0.4, -0.2) is 17.5 Å². The largest absolute Gasteiger partial charge is 0.100 e. The van der Waals surface area contributed by atoms with Crippen LogP contribution in [0.4, 0.5) is 0 Å². The lowest BCUT2D eigenvalue weighted by Gasteiger charge is -2.39. The second-order valence-electron chi connectivity index (χ2n) is 6.86. The molecule has 0 amide bonds. The average Bonchev–Trinajstić information content (AvgIpc) is 3.03.